The normalized spacial score (nSPS) is 12.2. The van der Waals surface area contributed by atoms with Crippen molar-refractivity contribution in [1.29, 1.82) is 0 Å². The molecule has 6 nitrogen and oxygen atoms in total. The highest BCUT2D eigenvalue weighted by atomic mass is 16.6. The van der Waals surface area contributed by atoms with Crippen LogP contribution < -0.4 is 0 Å². The zero-order valence-corrected chi connectivity index (χ0v) is 40.0. The Bertz CT molecular complexity index is 1020. The van der Waals surface area contributed by atoms with E-state index in [4.69, 9.17) is 14.2 Å². The van der Waals surface area contributed by atoms with E-state index in [1.54, 1.807) is 0 Å². The molecule has 0 aromatic rings. The van der Waals surface area contributed by atoms with E-state index in [9.17, 15) is 14.4 Å². The SMILES string of the molecule is CCCCC/C=C\C=C/CCCCCCCCCCCCC(=O)OCC(COC(=O)CCCCCCCCCCC)OC(=O)CCCCC/C=C\CCCCCCCCC. The lowest BCUT2D eigenvalue weighted by atomic mass is 10.1. The van der Waals surface area contributed by atoms with Crippen LogP contribution in [0.1, 0.15) is 271 Å². The van der Waals surface area contributed by atoms with E-state index in [0.717, 1.165) is 70.6 Å². The lowest BCUT2D eigenvalue weighted by Gasteiger charge is -2.18. The van der Waals surface area contributed by atoms with Gasteiger partial charge in [0.1, 0.15) is 13.2 Å². The number of carbonyl (C=O) groups is 3. The van der Waals surface area contributed by atoms with Crippen LogP contribution in [0.25, 0.3) is 0 Å². The van der Waals surface area contributed by atoms with Crippen molar-refractivity contribution < 1.29 is 28.6 Å². The Morgan fingerprint density at radius 3 is 0.983 bits per heavy atom. The number of hydrogen-bond acceptors (Lipinski definition) is 6. The monoisotopic (exact) mass is 843 g/mol. The Kier molecular flexibility index (Phi) is 47.3. The first-order valence-electron chi connectivity index (χ1n) is 26.0. The van der Waals surface area contributed by atoms with Gasteiger partial charge < -0.3 is 14.2 Å². The van der Waals surface area contributed by atoms with Crippen LogP contribution in [-0.2, 0) is 28.6 Å². The molecule has 0 spiro atoms. The van der Waals surface area contributed by atoms with Crippen LogP contribution in [0.5, 0.6) is 0 Å². The number of unbranched alkanes of at least 4 members (excludes halogenated alkanes) is 31. The van der Waals surface area contributed by atoms with Gasteiger partial charge in [-0.3, -0.25) is 14.4 Å². The molecular weight excluding hydrogens is 745 g/mol. The molecule has 0 aromatic heterocycles. The first-order valence-corrected chi connectivity index (χ1v) is 26.0. The van der Waals surface area contributed by atoms with E-state index in [0.29, 0.717) is 19.3 Å². The Morgan fingerprint density at radius 2 is 0.600 bits per heavy atom. The molecule has 0 radical (unpaired) electrons. The molecule has 0 aromatic carbocycles. The predicted octanol–water partition coefficient (Wildman–Crippen LogP) is 16.9. The van der Waals surface area contributed by atoms with Gasteiger partial charge in [-0.2, -0.15) is 0 Å². The van der Waals surface area contributed by atoms with Crippen molar-refractivity contribution in [3.63, 3.8) is 0 Å². The number of rotatable bonds is 47. The third-order valence-electron chi connectivity index (χ3n) is 11.4. The van der Waals surface area contributed by atoms with Gasteiger partial charge in [0.25, 0.3) is 0 Å². The lowest BCUT2D eigenvalue weighted by molar-refractivity contribution is -0.167. The molecule has 6 heteroatoms. The largest absolute Gasteiger partial charge is 0.462 e. The fourth-order valence-electron chi connectivity index (χ4n) is 7.43. The molecule has 60 heavy (non-hydrogen) atoms. The van der Waals surface area contributed by atoms with E-state index in [1.165, 1.54) is 161 Å². The highest BCUT2D eigenvalue weighted by Gasteiger charge is 2.19. The molecular formula is C54H98O6. The van der Waals surface area contributed by atoms with E-state index >= 15 is 0 Å². The van der Waals surface area contributed by atoms with Gasteiger partial charge in [0.15, 0.2) is 6.10 Å². The summed E-state index contributed by atoms with van der Waals surface area (Å²) in [6.07, 6.45) is 57.0. The third-order valence-corrected chi connectivity index (χ3v) is 11.4. The molecule has 0 aliphatic heterocycles. The average molecular weight is 843 g/mol. The van der Waals surface area contributed by atoms with Crippen LogP contribution in [0, 0.1) is 0 Å². The molecule has 0 aliphatic carbocycles. The van der Waals surface area contributed by atoms with E-state index in [1.807, 2.05) is 0 Å². The van der Waals surface area contributed by atoms with E-state index in [-0.39, 0.29) is 31.1 Å². The zero-order chi connectivity index (χ0) is 43.7. The summed E-state index contributed by atoms with van der Waals surface area (Å²) in [5.41, 5.74) is 0. The highest BCUT2D eigenvalue weighted by molar-refractivity contribution is 5.71. The van der Waals surface area contributed by atoms with Gasteiger partial charge in [0, 0.05) is 19.3 Å². The molecule has 0 fully saturated rings. The summed E-state index contributed by atoms with van der Waals surface area (Å²) in [6, 6.07) is 0. The topological polar surface area (TPSA) is 78.9 Å². The van der Waals surface area contributed by atoms with Crippen molar-refractivity contribution >= 4 is 17.9 Å². The van der Waals surface area contributed by atoms with Gasteiger partial charge in [-0.1, -0.05) is 218 Å². The maximum absolute atomic E-state index is 12.8. The van der Waals surface area contributed by atoms with Crippen molar-refractivity contribution in [2.45, 2.75) is 277 Å². The van der Waals surface area contributed by atoms with Crippen LogP contribution in [0.2, 0.25) is 0 Å². The molecule has 1 atom stereocenters. The van der Waals surface area contributed by atoms with Gasteiger partial charge in [0.05, 0.1) is 0 Å². The highest BCUT2D eigenvalue weighted by Crippen LogP contribution is 2.15. The maximum atomic E-state index is 12.8. The summed E-state index contributed by atoms with van der Waals surface area (Å²) < 4.78 is 16.8. The lowest BCUT2D eigenvalue weighted by Crippen LogP contribution is -2.30. The van der Waals surface area contributed by atoms with Gasteiger partial charge in [0.2, 0.25) is 0 Å². The van der Waals surface area contributed by atoms with Crippen LogP contribution in [-0.4, -0.2) is 37.2 Å². The van der Waals surface area contributed by atoms with E-state index < -0.39 is 6.10 Å². The quantitative estimate of drug-likeness (QED) is 0.0200. The number of ether oxygens (including phenoxy) is 3. The Morgan fingerprint density at radius 1 is 0.333 bits per heavy atom. The fraction of sp³-hybridized carbons (Fsp3) is 0.833. The molecule has 350 valence electrons. The number of carbonyl (C=O) groups excluding carboxylic acids is 3. The second-order valence-corrected chi connectivity index (χ2v) is 17.5. The summed E-state index contributed by atoms with van der Waals surface area (Å²) in [5.74, 6) is -0.890. The standard InChI is InChI=1S/C54H98O6/c1-4-7-10-13-16-19-21-23-25-26-27-28-29-31-32-35-38-41-44-47-53(56)59-50-51(49-58-52(55)46-43-40-37-34-18-15-12-9-6-3)60-54(57)48-45-42-39-36-33-30-24-22-20-17-14-11-8-5-2/h16,19,21,23,30,33,51H,4-15,17-18,20,22,24-29,31-32,34-50H2,1-3H3/b19-16-,23-21-,33-30-. The Labute approximate surface area is 372 Å². The van der Waals surface area contributed by atoms with Crippen LogP contribution in [0.15, 0.2) is 36.5 Å². The second kappa shape index (κ2) is 49.3. The maximum Gasteiger partial charge on any atom is 0.306 e. The second-order valence-electron chi connectivity index (χ2n) is 17.5. The molecule has 0 amide bonds. The molecule has 0 heterocycles. The van der Waals surface area contributed by atoms with E-state index in [2.05, 4.69) is 57.2 Å². The Hall–Kier alpha value is -2.37. The molecule has 0 saturated carbocycles. The third kappa shape index (κ3) is 46.7. The van der Waals surface area contributed by atoms with Gasteiger partial charge in [-0.05, 0) is 70.6 Å². The van der Waals surface area contributed by atoms with Crippen molar-refractivity contribution in [2.24, 2.45) is 0 Å². The summed E-state index contributed by atoms with van der Waals surface area (Å²) in [5, 5.41) is 0. The molecule has 0 bridgehead atoms. The molecule has 0 aliphatic rings. The smallest absolute Gasteiger partial charge is 0.306 e. The Balaban J connectivity index is 4.29. The summed E-state index contributed by atoms with van der Waals surface area (Å²) in [7, 11) is 0. The molecule has 0 rings (SSSR count). The summed E-state index contributed by atoms with van der Waals surface area (Å²) in [4.78, 5) is 37.9. The van der Waals surface area contributed by atoms with Crippen molar-refractivity contribution in [1.82, 2.24) is 0 Å². The number of esters is 3. The summed E-state index contributed by atoms with van der Waals surface area (Å²) >= 11 is 0. The molecule has 0 saturated heterocycles. The van der Waals surface area contributed by atoms with Crippen molar-refractivity contribution in [3.8, 4) is 0 Å². The van der Waals surface area contributed by atoms with Gasteiger partial charge in [-0.15, -0.1) is 0 Å². The summed E-state index contributed by atoms with van der Waals surface area (Å²) in [6.45, 7) is 6.59. The predicted molar refractivity (Wildman–Crippen MR) is 256 cm³/mol. The fourth-order valence-corrected chi connectivity index (χ4v) is 7.43. The first kappa shape index (κ1) is 57.6. The van der Waals surface area contributed by atoms with Crippen LogP contribution in [0.4, 0.5) is 0 Å². The van der Waals surface area contributed by atoms with Crippen molar-refractivity contribution in [3.05, 3.63) is 36.5 Å². The number of hydrogen-bond donors (Lipinski definition) is 0. The molecule has 1 unspecified atom stereocenters. The van der Waals surface area contributed by atoms with Crippen molar-refractivity contribution in [2.75, 3.05) is 13.2 Å². The number of allylic oxidation sites excluding steroid dienone is 6. The average Bonchev–Trinajstić information content (AvgIpc) is 3.24. The van der Waals surface area contributed by atoms with Crippen LogP contribution >= 0.6 is 0 Å². The minimum atomic E-state index is -0.776. The molecule has 0 N–H and O–H groups in total. The van der Waals surface area contributed by atoms with Crippen LogP contribution in [0.3, 0.4) is 0 Å². The minimum Gasteiger partial charge on any atom is -0.462 e. The first-order chi connectivity index (χ1) is 29.5. The zero-order valence-electron chi connectivity index (χ0n) is 40.0. The van der Waals surface area contributed by atoms with Gasteiger partial charge in [-0.25, -0.2) is 0 Å². The minimum absolute atomic E-state index is 0.0767. The van der Waals surface area contributed by atoms with Gasteiger partial charge >= 0.3 is 17.9 Å².